The molecule has 0 amide bonds. The van der Waals surface area contributed by atoms with Crippen LogP contribution >= 0.6 is 0 Å². The molecule has 1 fully saturated rings. The molecule has 0 saturated carbocycles. The van der Waals surface area contributed by atoms with Crippen molar-refractivity contribution in [2.75, 3.05) is 13.1 Å². The Morgan fingerprint density at radius 2 is 1.75 bits per heavy atom. The Morgan fingerprint density at radius 3 is 2.35 bits per heavy atom. The molecule has 0 aliphatic carbocycles. The van der Waals surface area contributed by atoms with Gasteiger partial charge in [0.15, 0.2) is 0 Å². The zero-order valence-corrected chi connectivity index (χ0v) is 14.3. The number of aryl methyl sites for hydroxylation is 1. The number of hydrogen-bond acceptors (Lipinski definition) is 1. The van der Waals surface area contributed by atoms with Gasteiger partial charge in [-0.15, -0.1) is 0 Å². The van der Waals surface area contributed by atoms with E-state index in [9.17, 15) is 0 Å². The summed E-state index contributed by atoms with van der Waals surface area (Å²) < 4.78 is 0. The molecule has 1 saturated heterocycles. The fourth-order valence-electron chi connectivity index (χ4n) is 2.83. The van der Waals surface area contributed by atoms with Crippen LogP contribution < -0.4 is 0 Å². The molecule has 0 aromatic heterocycles. The van der Waals surface area contributed by atoms with Gasteiger partial charge in [0.25, 0.3) is 0 Å². The van der Waals surface area contributed by atoms with Gasteiger partial charge in [-0.2, -0.15) is 0 Å². The molecule has 2 rings (SSSR count). The molecule has 20 heavy (non-hydrogen) atoms. The molecule has 2 heteroatoms. The first-order valence-corrected chi connectivity index (χ1v) is 11.6. The maximum absolute atomic E-state index is 2.68. The van der Waals surface area contributed by atoms with Gasteiger partial charge < -0.3 is 0 Å². The van der Waals surface area contributed by atoms with Crippen molar-refractivity contribution in [1.29, 1.82) is 0 Å². The van der Waals surface area contributed by atoms with Crippen LogP contribution in [0.15, 0.2) is 42.1 Å². The third-order valence-corrected chi connectivity index (χ3v) is 5.19. The minimum absolute atomic E-state index is 0.643. The highest BCUT2D eigenvalue weighted by Crippen LogP contribution is 2.18. The van der Waals surface area contributed by atoms with Gasteiger partial charge in [-0.3, -0.25) is 4.90 Å². The van der Waals surface area contributed by atoms with Crippen LogP contribution in [-0.4, -0.2) is 32.1 Å². The van der Waals surface area contributed by atoms with Gasteiger partial charge >= 0.3 is 0 Å². The molecule has 0 radical (unpaired) electrons. The largest absolute Gasteiger partial charge is 0.297 e. The lowest BCUT2D eigenvalue weighted by molar-refractivity contribution is 0.272. The van der Waals surface area contributed by atoms with Crippen LogP contribution in [0.25, 0.3) is 0 Å². The minimum atomic E-state index is -1.09. The standard InChI is InChI=1S/C18H29NSi/c1-20(2,3)16-13-18(19-14-7-8-15-19)12-11-17-9-5-4-6-10-17/h4-6,9-10,13,16,18H,7-8,11-12,14-15H2,1-3H3/b16-13+. The van der Waals surface area contributed by atoms with Crippen molar-refractivity contribution in [3.8, 4) is 0 Å². The van der Waals surface area contributed by atoms with Crippen LogP contribution in [0.1, 0.15) is 24.8 Å². The second-order valence-electron chi connectivity index (χ2n) is 7.06. The molecule has 0 spiro atoms. The van der Waals surface area contributed by atoms with Crippen molar-refractivity contribution in [1.82, 2.24) is 4.90 Å². The summed E-state index contributed by atoms with van der Waals surface area (Å²) >= 11 is 0. The van der Waals surface area contributed by atoms with Crippen LogP contribution in [0, 0.1) is 0 Å². The summed E-state index contributed by atoms with van der Waals surface area (Å²) in [6, 6.07) is 11.6. The molecule has 1 heterocycles. The topological polar surface area (TPSA) is 3.24 Å². The summed E-state index contributed by atoms with van der Waals surface area (Å²) in [6.07, 6.45) is 7.72. The van der Waals surface area contributed by atoms with E-state index < -0.39 is 8.07 Å². The van der Waals surface area contributed by atoms with Crippen molar-refractivity contribution in [2.24, 2.45) is 0 Å². The zero-order chi connectivity index (χ0) is 14.4. The lowest BCUT2D eigenvalue weighted by Gasteiger charge is -2.26. The molecule has 1 aromatic rings. The third kappa shape index (κ3) is 5.26. The second kappa shape index (κ2) is 7.23. The maximum atomic E-state index is 2.68. The van der Waals surface area contributed by atoms with Gasteiger partial charge in [0, 0.05) is 6.04 Å². The van der Waals surface area contributed by atoms with Gasteiger partial charge in [0.1, 0.15) is 0 Å². The maximum Gasteiger partial charge on any atom is 0.0683 e. The van der Waals surface area contributed by atoms with E-state index in [2.05, 4.69) is 66.6 Å². The highest BCUT2D eigenvalue weighted by atomic mass is 28.3. The van der Waals surface area contributed by atoms with Crippen LogP contribution in [0.4, 0.5) is 0 Å². The van der Waals surface area contributed by atoms with Gasteiger partial charge in [0.05, 0.1) is 8.07 Å². The number of hydrogen-bond donors (Lipinski definition) is 0. The summed E-state index contributed by atoms with van der Waals surface area (Å²) in [5.74, 6) is 0. The van der Waals surface area contributed by atoms with Gasteiger partial charge in [0.2, 0.25) is 0 Å². The number of likely N-dealkylation sites (tertiary alicyclic amines) is 1. The number of benzene rings is 1. The number of rotatable bonds is 6. The van der Waals surface area contributed by atoms with E-state index in [4.69, 9.17) is 0 Å². The molecule has 0 bridgehead atoms. The Balaban J connectivity index is 1.97. The average molecular weight is 288 g/mol. The molecule has 1 nitrogen and oxygen atoms in total. The average Bonchev–Trinajstić information content (AvgIpc) is 2.93. The summed E-state index contributed by atoms with van der Waals surface area (Å²) in [4.78, 5) is 2.68. The Kier molecular flexibility index (Phi) is 5.61. The zero-order valence-electron chi connectivity index (χ0n) is 13.3. The van der Waals surface area contributed by atoms with E-state index in [1.54, 1.807) is 0 Å². The molecular formula is C18H29NSi. The van der Waals surface area contributed by atoms with Crippen molar-refractivity contribution >= 4 is 8.07 Å². The Morgan fingerprint density at radius 1 is 1.10 bits per heavy atom. The smallest absolute Gasteiger partial charge is 0.0683 e. The lowest BCUT2D eigenvalue weighted by atomic mass is 10.0. The first-order chi connectivity index (χ1) is 9.54. The quantitative estimate of drug-likeness (QED) is 0.695. The fourth-order valence-corrected chi connectivity index (χ4v) is 3.63. The Hall–Kier alpha value is -0.863. The Bertz CT molecular complexity index is 413. The summed E-state index contributed by atoms with van der Waals surface area (Å²) in [5.41, 5.74) is 4.00. The summed E-state index contributed by atoms with van der Waals surface area (Å²) in [5, 5.41) is 0. The number of nitrogens with zero attached hydrogens (tertiary/aromatic N) is 1. The predicted octanol–water partition coefficient (Wildman–Crippen LogP) is 4.52. The van der Waals surface area contributed by atoms with Gasteiger partial charge in [-0.05, 0) is 44.3 Å². The summed E-state index contributed by atoms with van der Waals surface area (Å²) in [6.45, 7) is 9.83. The molecule has 1 aliphatic rings. The predicted molar refractivity (Wildman–Crippen MR) is 91.8 cm³/mol. The fraction of sp³-hybridized carbons (Fsp3) is 0.556. The molecule has 1 aliphatic heterocycles. The van der Waals surface area contributed by atoms with Crippen molar-refractivity contribution in [3.05, 3.63) is 47.7 Å². The van der Waals surface area contributed by atoms with E-state index in [0.29, 0.717) is 6.04 Å². The molecular weight excluding hydrogens is 258 g/mol. The van der Waals surface area contributed by atoms with E-state index in [-0.39, 0.29) is 0 Å². The van der Waals surface area contributed by atoms with Crippen LogP contribution in [0.5, 0.6) is 0 Å². The van der Waals surface area contributed by atoms with Crippen molar-refractivity contribution in [3.63, 3.8) is 0 Å². The van der Waals surface area contributed by atoms with Crippen molar-refractivity contribution < 1.29 is 0 Å². The SMILES string of the molecule is C[Si](C)(C)/C=C/C(CCc1ccccc1)N1CCCC1. The second-order valence-corrected chi connectivity index (χ2v) is 12.1. The molecule has 1 unspecified atom stereocenters. The van der Waals surface area contributed by atoms with Crippen molar-refractivity contribution in [2.45, 2.75) is 51.4 Å². The first-order valence-electron chi connectivity index (χ1n) is 8.02. The van der Waals surface area contributed by atoms with Gasteiger partial charge in [-0.25, -0.2) is 0 Å². The monoisotopic (exact) mass is 287 g/mol. The van der Waals surface area contributed by atoms with E-state index in [1.165, 1.54) is 44.3 Å². The Labute approximate surface area is 125 Å². The molecule has 110 valence electrons. The van der Waals surface area contributed by atoms with Crippen LogP contribution in [-0.2, 0) is 6.42 Å². The minimum Gasteiger partial charge on any atom is -0.297 e. The van der Waals surface area contributed by atoms with E-state index in [0.717, 1.165) is 0 Å². The highest BCUT2D eigenvalue weighted by molar-refractivity contribution is 6.80. The highest BCUT2D eigenvalue weighted by Gasteiger charge is 2.20. The third-order valence-electron chi connectivity index (χ3n) is 4.00. The lowest BCUT2D eigenvalue weighted by Crippen LogP contribution is -2.32. The van der Waals surface area contributed by atoms with Gasteiger partial charge in [-0.1, -0.05) is 61.7 Å². The van der Waals surface area contributed by atoms with Crippen LogP contribution in [0.3, 0.4) is 0 Å². The molecule has 1 aromatic carbocycles. The first kappa shape index (κ1) is 15.5. The normalized spacial score (nSPS) is 18.8. The van der Waals surface area contributed by atoms with E-state index in [1.807, 2.05) is 0 Å². The van der Waals surface area contributed by atoms with E-state index >= 15 is 0 Å². The molecule has 1 atom stereocenters. The molecule has 0 N–H and O–H groups in total. The summed E-state index contributed by atoms with van der Waals surface area (Å²) in [7, 11) is -1.09. The van der Waals surface area contributed by atoms with Crippen LogP contribution in [0.2, 0.25) is 19.6 Å².